The summed E-state index contributed by atoms with van der Waals surface area (Å²) in [5.74, 6) is 0.0770. The van der Waals surface area contributed by atoms with E-state index in [1.165, 1.54) is 6.08 Å². The molecule has 0 aromatic heterocycles. The quantitative estimate of drug-likeness (QED) is 0.418. The molecule has 3 rings (SSSR count). The fraction of sp³-hybridized carbons (Fsp3) is 0.0500. The number of hydrogen-bond acceptors (Lipinski definition) is 3. The van der Waals surface area contributed by atoms with Gasteiger partial charge in [-0.1, -0.05) is 48.5 Å². The van der Waals surface area contributed by atoms with Crippen molar-refractivity contribution in [2.24, 2.45) is 0 Å². The zero-order chi connectivity index (χ0) is 16.2. The number of hydrogen-bond donors (Lipinski definition) is 2. The van der Waals surface area contributed by atoms with E-state index in [1.807, 2.05) is 55.5 Å². The van der Waals surface area contributed by atoms with Crippen LogP contribution in [0.5, 0.6) is 5.75 Å². The summed E-state index contributed by atoms with van der Waals surface area (Å²) in [7, 11) is 0. The van der Waals surface area contributed by atoms with Crippen LogP contribution in [0, 0.1) is 6.92 Å². The lowest BCUT2D eigenvalue weighted by atomic mass is 10.0. The Morgan fingerprint density at radius 1 is 1.04 bits per heavy atom. The van der Waals surface area contributed by atoms with Crippen molar-refractivity contribution in [1.82, 2.24) is 0 Å². The molecule has 0 saturated heterocycles. The second kappa shape index (κ2) is 6.36. The Morgan fingerprint density at radius 3 is 2.65 bits per heavy atom. The van der Waals surface area contributed by atoms with Gasteiger partial charge >= 0.3 is 0 Å². The standard InChI is InChI=1S/C20H17NO2/c1-14-9-10-18(20(23)13-14)21-12-11-19(22)17-8-4-6-15-5-2-3-7-16(15)17/h2-13,21,23H,1H3/b12-11+. The third-order valence-electron chi connectivity index (χ3n) is 3.68. The number of benzene rings is 3. The number of fused-ring (bicyclic) bond motifs is 1. The van der Waals surface area contributed by atoms with Gasteiger partial charge in [0.1, 0.15) is 5.75 Å². The Hall–Kier alpha value is -3.07. The summed E-state index contributed by atoms with van der Waals surface area (Å²) in [5.41, 5.74) is 2.20. The van der Waals surface area contributed by atoms with Crippen LogP contribution in [-0.2, 0) is 0 Å². The van der Waals surface area contributed by atoms with E-state index in [0.717, 1.165) is 16.3 Å². The molecule has 0 spiro atoms. The number of carbonyl (C=O) groups is 1. The van der Waals surface area contributed by atoms with Crippen LogP contribution in [0.1, 0.15) is 15.9 Å². The van der Waals surface area contributed by atoms with Gasteiger partial charge in [0.05, 0.1) is 5.69 Å². The summed E-state index contributed by atoms with van der Waals surface area (Å²) in [6, 6.07) is 18.8. The van der Waals surface area contributed by atoms with Crippen LogP contribution in [-0.4, -0.2) is 10.9 Å². The Kier molecular flexibility index (Phi) is 4.11. The van der Waals surface area contributed by atoms with Crippen molar-refractivity contribution in [3.63, 3.8) is 0 Å². The number of rotatable bonds is 4. The molecule has 0 atom stereocenters. The Labute approximate surface area is 134 Å². The maximum Gasteiger partial charge on any atom is 0.187 e. The first-order chi connectivity index (χ1) is 11.1. The number of allylic oxidation sites excluding steroid dienone is 1. The molecule has 3 aromatic rings. The zero-order valence-corrected chi connectivity index (χ0v) is 12.8. The first-order valence-corrected chi connectivity index (χ1v) is 7.40. The van der Waals surface area contributed by atoms with Crippen LogP contribution in [0.25, 0.3) is 10.8 Å². The number of aromatic hydroxyl groups is 1. The van der Waals surface area contributed by atoms with Crippen LogP contribution >= 0.6 is 0 Å². The molecule has 0 aliphatic carbocycles. The van der Waals surface area contributed by atoms with Crippen LogP contribution in [0.2, 0.25) is 0 Å². The van der Waals surface area contributed by atoms with Crippen molar-refractivity contribution in [1.29, 1.82) is 0 Å². The molecule has 0 amide bonds. The maximum atomic E-state index is 12.4. The highest BCUT2D eigenvalue weighted by Gasteiger charge is 2.06. The molecule has 2 N–H and O–H groups in total. The number of phenols is 1. The normalized spacial score (nSPS) is 11.0. The van der Waals surface area contributed by atoms with Crippen molar-refractivity contribution in [3.8, 4) is 5.75 Å². The van der Waals surface area contributed by atoms with Gasteiger partial charge in [-0.2, -0.15) is 0 Å². The molecule has 0 aliphatic rings. The van der Waals surface area contributed by atoms with Gasteiger partial charge < -0.3 is 10.4 Å². The summed E-state index contributed by atoms with van der Waals surface area (Å²) < 4.78 is 0. The molecule has 114 valence electrons. The van der Waals surface area contributed by atoms with Gasteiger partial charge in [-0.15, -0.1) is 0 Å². The van der Waals surface area contributed by atoms with Crippen molar-refractivity contribution >= 4 is 22.2 Å². The smallest absolute Gasteiger partial charge is 0.187 e. The van der Waals surface area contributed by atoms with Crippen LogP contribution < -0.4 is 5.32 Å². The average Bonchev–Trinajstić information content (AvgIpc) is 2.56. The largest absolute Gasteiger partial charge is 0.506 e. The minimum Gasteiger partial charge on any atom is -0.506 e. The van der Waals surface area contributed by atoms with Gasteiger partial charge in [0.15, 0.2) is 5.78 Å². The van der Waals surface area contributed by atoms with E-state index in [1.54, 1.807) is 18.3 Å². The lowest BCUT2D eigenvalue weighted by Crippen LogP contribution is -1.97. The zero-order valence-electron chi connectivity index (χ0n) is 12.8. The number of ketones is 1. The van der Waals surface area contributed by atoms with Crippen molar-refractivity contribution < 1.29 is 9.90 Å². The molecule has 23 heavy (non-hydrogen) atoms. The van der Waals surface area contributed by atoms with Crippen LogP contribution in [0.15, 0.2) is 72.9 Å². The molecule has 3 aromatic carbocycles. The monoisotopic (exact) mass is 303 g/mol. The molecule has 0 radical (unpaired) electrons. The van der Waals surface area contributed by atoms with Crippen LogP contribution in [0.3, 0.4) is 0 Å². The number of aryl methyl sites for hydroxylation is 1. The fourth-order valence-electron chi connectivity index (χ4n) is 2.50. The minimum atomic E-state index is -0.0825. The third-order valence-corrected chi connectivity index (χ3v) is 3.68. The third kappa shape index (κ3) is 3.24. The first kappa shape index (κ1) is 14.9. The molecule has 0 aliphatic heterocycles. The number of carbonyl (C=O) groups excluding carboxylic acids is 1. The van der Waals surface area contributed by atoms with E-state index >= 15 is 0 Å². The van der Waals surface area contributed by atoms with E-state index in [9.17, 15) is 9.90 Å². The second-order valence-corrected chi connectivity index (χ2v) is 5.39. The maximum absolute atomic E-state index is 12.4. The SMILES string of the molecule is Cc1ccc(N/C=C/C(=O)c2cccc3ccccc23)c(O)c1. The molecular formula is C20H17NO2. The number of phenolic OH excluding ortho intramolecular Hbond substituents is 1. The van der Waals surface area contributed by atoms with E-state index in [-0.39, 0.29) is 11.5 Å². The van der Waals surface area contributed by atoms with Gasteiger partial charge in [-0.25, -0.2) is 0 Å². The summed E-state index contributed by atoms with van der Waals surface area (Å²) in [4.78, 5) is 12.4. The van der Waals surface area contributed by atoms with E-state index < -0.39 is 0 Å². The number of anilines is 1. The summed E-state index contributed by atoms with van der Waals surface area (Å²) in [5, 5.41) is 14.7. The molecule has 0 fully saturated rings. The van der Waals surface area contributed by atoms with Gasteiger partial charge in [-0.3, -0.25) is 4.79 Å². The predicted molar refractivity (Wildman–Crippen MR) is 93.9 cm³/mol. The van der Waals surface area contributed by atoms with Crippen molar-refractivity contribution in [3.05, 3.63) is 84.1 Å². The lowest BCUT2D eigenvalue weighted by Gasteiger charge is -2.05. The second-order valence-electron chi connectivity index (χ2n) is 5.39. The fourth-order valence-corrected chi connectivity index (χ4v) is 2.50. The average molecular weight is 303 g/mol. The lowest BCUT2D eigenvalue weighted by molar-refractivity contribution is 0.104. The molecule has 0 unspecified atom stereocenters. The van der Waals surface area contributed by atoms with Gasteiger partial charge in [0.25, 0.3) is 0 Å². The molecule has 0 bridgehead atoms. The molecule has 3 heteroatoms. The Balaban J connectivity index is 1.80. The van der Waals surface area contributed by atoms with Gasteiger partial charge in [0, 0.05) is 17.8 Å². The van der Waals surface area contributed by atoms with Gasteiger partial charge in [0.2, 0.25) is 0 Å². The predicted octanol–water partition coefficient (Wildman–Crippen LogP) is 4.66. The van der Waals surface area contributed by atoms with E-state index in [4.69, 9.17) is 0 Å². The molecule has 0 saturated carbocycles. The van der Waals surface area contributed by atoms with Crippen molar-refractivity contribution in [2.45, 2.75) is 6.92 Å². The highest BCUT2D eigenvalue weighted by molar-refractivity contribution is 6.13. The van der Waals surface area contributed by atoms with Crippen molar-refractivity contribution in [2.75, 3.05) is 5.32 Å². The van der Waals surface area contributed by atoms with Gasteiger partial charge in [-0.05, 0) is 35.4 Å². The van der Waals surface area contributed by atoms with Crippen LogP contribution in [0.4, 0.5) is 5.69 Å². The molecule has 3 nitrogen and oxygen atoms in total. The number of nitrogens with one attached hydrogen (secondary N) is 1. The minimum absolute atomic E-state index is 0.0825. The molecular weight excluding hydrogens is 286 g/mol. The first-order valence-electron chi connectivity index (χ1n) is 7.40. The highest BCUT2D eigenvalue weighted by atomic mass is 16.3. The Bertz CT molecular complexity index is 892. The summed E-state index contributed by atoms with van der Waals surface area (Å²) >= 11 is 0. The topological polar surface area (TPSA) is 49.3 Å². The summed E-state index contributed by atoms with van der Waals surface area (Å²) in [6.45, 7) is 1.91. The molecule has 0 heterocycles. The van der Waals surface area contributed by atoms with E-state index in [0.29, 0.717) is 11.3 Å². The highest BCUT2D eigenvalue weighted by Crippen LogP contribution is 2.24. The summed E-state index contributed by atoms with van der Waals surface area (Å²) in [6.07, 6.45) is 3.02. The van der Waals surface area contributed by atoms with E-state index in [2.05, 4.69) is 5.32 Å². The Morgan fingerprint density at radius 2 is 1.83 bits per heavy atom.